The third kappa shape index (κ3) is 1.90. The van der Waals surface area contributed by atoms with E-state index in [4.69, 9.17) is 5.21 Å². The molecule has 0 spiro atoms. The van der Waals surface area contributed by atoms with Crippen LogP contribution in [0.5, 0.6) is 0 Å². The van der Waals surface area contributed by atoms with Crippen molar-refractivity contribution in [3.8, 4) is 0 Å². The second kappa shape index (κ2) is 3.99. The van der Waals surface area contributed by atoms with E-state index in [0.29, 0.717) is 10.9 Å². The van der Waals surface area contributed by atoms with E-state index in [1.165, 1.54) is 0 Å². The first-order valence-electron chi connectivity index (χ1n) is 4.98. The van der Waals surface area contributed by atoms with Gasteiger partial charge in [-0.2, -0.15) is 4.98 Å². The van der Waals surface area contributed by atoms with Gasteiger partial charge in [-0.3, -0.25) is 14.8 Å². The molecule has 1 aromatic carbocycles. The zero-order valence-corrected chi connectivity index (χ0v) is 9.37. The maximum Gasteiger partial charge on any atom is 0.293 e. The van der Waals surface area contributed by atoms with E-state index >= 15 is 0 Å². The molecule has 0 fully saturated rings. The Morgan fingerprint density at radius 1 is 1.29 bits per heavy atom. The number of nitrogens with one attached hydrogen (secondary N) is 2. The second-order valence-corrected chi connectivity index (χ2v) is 3.84. The lowest BCUT2D eigenvalue weighted by Gasteiger charge is -1.98. The van der Waals surface area contributed by atoms with E-state index in [0.717, 1.165) is 11.1 Å². The van der Waals surface area contributed by atoms with Crippen molar-refractivity contribution in [1.82, 2.24) is 9.97 Å². The van der Waals surface area contributed by atoms with E-state index in [-0.39, 0.29) is 0 Å². The minimum absolute atomic E-state index is 0.342. The molecule has 3 N–H and O–H groups in total. The third-order valence-corrected chi connectivity index (χ3v) is 2.48. The van der Waals surface area contributed by atoms with Crippen LogP contribution in [0.15, 0.2) is 21.7 Å². The molecule has 0 saturated carbocycles. The van der Waals surface area contributed by atoms with Gasteiger partial charge in [-0.05, 0) is 31.0 Å². The summed E-state index contributed by atoms with van der Waals surface area (Å²) in [6.07, 6.45) is 0. The molecule has 0 amide bonds. The van der Waals surface area contributed by atoms with Crippen LogP contribution in [0.4, 0.5) is 5.82 Å². The van der Waals surface area contributed by atoms with Crippen molar-refractivity contribution in [2.24, 2.45) is 0 Å². The van der Waals surface area contributed by atoms with Gasteiger partial charge in [0.2, 0.25) is 5.82 Å². The third-order valence-electron chi connectivity index (χ3n) is 2.48. The number of anilines is 1. The van der Waals surface area contributed by atoms with E-state index in [1.54, 1.807) is 18.5 Å². The monoisotopic (exact) mass is 233 g/mol. The predicted octanol–water partition coefficient (Wildman–Crippen LogP) is 0.701. The van der Waals surface area contributed by atoms with Gasteiger partial charge in [0, 0.05) is 0 Å². The second-order valence-electron chi connectivity index (χ2n) is 3.84. The average Bonchev–Trinajstić information content (AvgIpc) is 2.35. The number of aryl methyl sites for hydroxylation is 2. The van der Waals surface area contributed by atoms with Crippen LogP contribution in [-0.2, 0) is 0 Å². The summed E-state index contributed by atoms with van der Waals surface area (Å²) in [5.41, 5.74) is 2.46. The molecule has 6 nitrogen and oxygen atoms in total. The molecule has 0 aliphatic carbocycles. The van der Waals surface area contributed by atoms with Crippen LogP contribution in [0.2, 0.25) is 0 Å². The number of hydrogen-bond donors (Lipinski definition) is 3. The van der Waals surface area contributed by atoms with E-state index < -0.39 is 16.9 Å². The van der Waals surface area contributed by atoms with E-state index in [1.807, 2.05) is 13.0 Å². The van der Waals surface area contributed by atoms with Gasteiger partial charge in [0.15, 0.2) is 0 Å². The van der Waals surface area contributed by atoms with Gasteiger partial charge < -0.3 is 4.98 Å². The van der Waals surface area contributed by atoms with Crippen LogP contribution < -0.4 is 16.6 Å². The summed E-state index contributed by atoms with van der Waals surface area (Å²) in [6.45, 7) is 3.63. The first-order chi connectivity index (χ1) is 8.02. The molecule has 1 aromatic heterocycles. The number of hydrogen-bond acceptors (Lipinski definition) is 5. The first kappa shape index (κ1) is 11.3. The predicted molar refractivity (Wildman–Crippen MR) is 63.5 cm³/mol. The number of aromatic nitrogens is 2. The van der Waals surface area contributed by atoms with Gasteiger partial charge in [0.05, 0.1) is 10.9 Å². The van der Waals surface area contributed by atoms with Crippen LogP contribution >= 0.6 is 0 Å². The smallest absolute Gasteiger partial charge is 0.293 e. The number of rotatable bonds is 1. The molecule has 1 heterocycles. The number of benzene rings is 1. The Hall–Kier alpha value is -2.21. The lowest BCUT2D eigenvalue weighted by Crippen LogP contribution is -2.13. The van der Waals surface area contributed by atoms with Crippen molar-refractivity contribution < 1.29 is 5.21 Å². The van der Waals surface area contributed by atoms with Crippen LogP contribution in [0, 0.1) is 13.8 Å². The van der Waals surface area contributed by atoms with Crippen LogP contribution in [0.25, 0.3) is 10.9 Å². The topological polar surface area (TPSA) is 95.1 Å². The quantitative estimate of drug-likeness (QED) is 0.630. The molecule has 0 unspecified atom stereocenters. The van der Waals surface area contributed by atoms with Crippen LogP contribution in [0.1, 0.15) is 11.1 Å². The Morgan fingerprint density at radius 2 is 2.00 bits per heavy atom. The lowest BCUT2D eigenvalue weighted by molar-refractivity contribution is 0.385. The van der Waals surface area contributed by atoms with Crippen LogP contribution in [0.3, 0.4) is 0 Å². The Kier molecular flexibility index (Phi) is 2.64. The summed E-state index contributed by atoms with van der Waals surface area (Å²) in [6, 6.07) is 3.52. The minimum atomic E-state index is -0.649. The highest BCUT2D eigenvalue weighted by atomic mass is 16.5. The highest BCUT2D eigenvalue weighted by molar-refractivity contribution is 5.81. The Balaban J connectivity index is 3.09. The molecule has 0 aliphatic heterocycles. The van der Waals surface area contributed by atoms with Gasteiger partial charge in [0.25, 0.3) is 11.1 Å². The Bertz CT molecular complexity index is 707. The van der Waals surface area contributed by atoms with E-state index in [9.17, 15) is 9.59 Å². The fourth-order valence-corrected chi connectivity index (χ4v) is 1.82. The number of nitrogens with zero attached hydrogens (tertiary/aromatic N) is 1. The fourth-order valence-electron chi connectivity index (χ4n) is 1.82. The van der Waals surface area contributed by atoms with Crippen LogP contribution in [-0.4, -0.2) is 15.2 Å². The highest BCUT2D eigenvalue weighted by Crippen LogP contribution is 2.13. The summed E-state index contributed by atoms with van der Waals surface area (Å²) in [4.78, 5) is 29.4. The Morgan fingerprint density at radius 3 is 2.65 bits per heavy atom. The summed E-state index contributed by atoms with van der Waals surface area (Å²) < 4.78 is 0. The van der Waals surface area contributed by atoms with Crippen molar-refractivity contribution in [1.29, 1.82) is 0 Å². The standard InChI is InChI=1S/C11H11N3O3/c1-5-3-6(2)8-7(4-5)12-11(16)9(14-17)13-10(8)15/h3-4,17H,1-2H3,(H2,12,13,14,15,16). The van der Waals surface area contributed by atoms with Crippen molar-refractivity contribution in [3.05, 3.63) is 44.0 Å². The maximum atomic E-state index is 11.8. The normalized spacial score (nSPS) is 10.5. The van der Waals surface area contributed by atoms with E-state index in [2.05, 4.69) is 9.97 Å². The highest BCUT2D eigenvalue weighted by Gasteiger charge is 2.07. The van der Waals surface area contributed by atoms with Gasteiger partial charge >= 0.3 is 0 Å². The zero-order chi connectivity index (χ0) is 12.6. The molecular weight excluding hydrogens is 222 g/mol. The largest absolute Gasteiger partial charge is 0.318 e. The molecule has 0 atom stereocenters. The Labute approximate surface area is 95.9 Å². The molecule has 2 aromatic rings. The van der Waals surface area contributed by atoms with Gasteiger partial charge in [-0.1, -0.05) is 6.07 Å². The number of aromatic amines is 1. The van der Waals surface area contributed by atoms with Gasteiger partial charge in [-0.25, -0.2) is 5.48 Å². The summed E-state index contributed by atoms with van der Waals surface area (Å²) in [5, 5.41) is 9.06. The SMILES string of the molecule is Cc1cc(C)c2c(=O)nc(NO)c(=O)[nH]c2c1. The molecule has 6 heteroatoms. The maximum absolute atomic E-state index is 11.8. The number of fused-ring (bicyclic) bond motifs is 1. The molecule has 2 rings (SSSR count). The van der Waals surface area contributed by atoms with Crippen molar-refractivity contribution in [2.45, 2.75) is 13.8 Å². The zero-order valence-electron chi connectivity index (χ0n) is 9.37. The average molecular weight is 233 g/mol. The van der Waals surface area contributed by atoms with Crippen molar-refractivity contribution in [2.75, 3.05) is 5.48 Å². The lowest BCUT2D eigenvalue weighted by atomic mass is 10.1. The van der Waals surface area contributed by atoms with Crippen molar-refractivity contribution >= 4 is 16.7 Å². The molecule has 88 valence electrons. The summed E-state index contributed by atoms with van der Waals surface area (Å²) in [7, 11) is 0. The minimum Gasteiger partial charge on any atom is -0.318 e. The first-order valence-corrected chi connectivity index (χ1v) is 4.98. The van der Waals surface area contributed by atoms with Gasteiger partial charge in [0.1, 0.15) is 0 Å². The molecule has 0 saturated heterocycles. The summed E-state index contributed by atoms with van der Waals surface area (Å²) >= 11 is 0. The molecule has 0 bridgehead atoms. The molecule has 0 aliphatic rings. The summed E-state index contributed by atoms with van der Waals surface area (Å²) in [5.74, 6) is -0.414. The fraction of sp³-hybridized carbons (Fsp3) is 0.182. The van der Waals surface area contributed by atoms with Crippen molar-refractivity contribution in [3.63, 3.8) is 0 Å². The number of H-pyrrole nitrogens is 1. The molecule has 17 heavy (non-hydrogen) atoms. The van der Waals surface area contributed by atoms with Gasteiger partial charge in [-0.15, -0.1) is 0 Å². The molecular formula is C11H11N3O3. The molecule has 0 radical (unpaired) electrons.